The number of ether oxygens (including phenoxy) is 1. The minimum Gasteiger partial charge on any atom is -0.496 e. The molecule has 1 aliphatic heterocycles. The summed E-state index contributed by atoms with van der Waals surface area (Å²) in [7, 11) is 1.39. The van der Waals surface area contributed by atoms with E-state index in [9.17, 15) is 22.8 Å². The van der Waals surface area contributed by atoms with Crippen LogP contribution < -0.4 is 20.7 Å². The molecule has 13 heteroatoms. The van der Waals surface area contributed by atoms with Gasteiger partial charge < -0.3 is 20.7 Å². The van der Waals surface area contributed by atoms with Crippen molar-refractivity contribution < 1.29 is 22.3 Å². The van der Waals surface area contributed by atoms with Crippen LogP contribution in [0.1, 0.15) is 18.5 Å². The summed E-state index contributed by atoms with van der Waals surface area (Å²) in [6, 6.07) is 10.3. The number of hydrogen-bond donors (Lipinski definition) is 2. The van der Waals surface area contributed by atoms with E-state index in [1.54, 1.807) is 18.2 Å². The first-order valence-electron chi connectivity index (χ1n) is 12.3. The molecule has 40 heavy (non-hydrogen) atoms. The summed E-state index contributed by atoms with van der Waals surface area (Å²) in [5, 5.41) is 16.4. The maximum atomic E-state index is 14.8. The van der Waals surface area contributed by atoms with E-state index in [-0.39, 0.29) is 41.4 Å². The summed E-state index contributed by atoms with van der Waals surface area (Å²) < 4.78 is 61.1. The number of aromatic nitrogens is 4. The Morgan fingerprint density at radius 2 is 2.02 bits per heavy atom. The lowest BCUT2D eigenvalue weighted by Crippen LogP contribution is -2.49. The minimum atomic E-state index is -2.81. The smallest absolute Gasteiger partial charge is 0.333 e. The number of nitrogens with two attached hydrogens (primary N) is 1. The van der Waals surface area contributed by atoms with Gasteiger partial charge in [-0.05, 0) is 30.7 Å². The van der Waals surface area contributed by atoms with Gasteiger partial charge in [0.25, 0.3) is 0 Å². The Labute approximate surface area is 226 Å². The van der Waals surface area contributed by atoms with Gasteiger partial charge in [-0.1, -0.05) is 6.07 Å². The van der Waals surface area contributed by atoms with E-state index in [0.29, 0.717) is 33.9 Å². The fraction of sp³-hybridized carbons (Fsp3) is 0.259. The van der Waals surface area contributed by atoms with E-state index in [4.69, 9.17) is 10.5 Å². The first kappa shape index (κ1) is 26.9. The lowest BCUT2D eigenvalue weighted by atomic mass is 10.0. The van der Waals surface area contributed by atoms with Crippen molar-refractivity contribution in [3.63, 3.8) is 0 Å². The van der Waals surface area contributed by atoms with Crippen molar-refractivity contribution in [2.24, 2.45) is 5.73 Å². The van der Waals surface area contributed by atoms with Crippen molar-refractivity contribution in [1.29, 1.82) is 5.26 Å². The Kier molecular flexibility index (Phi) is 7.52. The molecule has 4 heterocycles. The Hall–Kier alpha value is -4.70. The van der Waals surface area contributed by atoms with Gasteiger partial charge in [-0.25, -0.2) is 23.4 Å². The van der Waals surface area contributed by atoms with Gasteiger partial charge >= 0.3 is 6.55 Å². The molecule has 0 saturated carbocycles. The number of nitriles is 1. The highest BCUT2D eigenvalue weighted by Crippen LogP contribution is 2.37. The highest BCUT2D eigenvalue weighted by Gasteiger charge is 2.28. The summed E-state index contributed by atoms with van der Waals surface area (Å²) in [4.78, 5) is 10.8. The van der Waals surface area contributed by atoms with Crippen molar-refractivity contribution in [2.75, 3.05) is 30.4 Å². The summed E-state index contributed by atoms with van der Waals surface area (Å²) in [5.41, 5.74) is 7.73. The number of anilines is 3. The summed E-state index contributed by atoms with van der Waals surface area (Å²) in [6.07, 6.45) is 3.04. The van der Waals surface area contributed by atoms with Crippen LogP contribution in [0.25, 0.3) is 22.4 Å². The van der Waals surface area contributed by atoms with E-state index in [1.807, 2.05) is 11.0 Å². The molecule has 4 aromatic rings. The third kappa shape index (κ3) is 5.26. The molecule has 1 saturated heterocycles. The number of nitrogens with one attached hydrogen (secondary N) is 1. The average Bonchev–Trinajstić information content (AvgIpc) is 3.45. The Balaban J connectivity index is 1.54. The number of alkyl halides is 3. The van der Waals surface area contributed by atoms with Gasteiger partial charge in [-0.3, -0.25) is 0 Å². The van der Waals surface area contributed by atoms with Gasteiger partial charge in [0.05, 0.1) is 36.2 Å². The molecule has 206 valence electrons. The third-order valence-corrected chi connectivity index (χ3v) is 6.61. The Morgan fingerprint density at radius 1 is 1.20 bits per heavy atom. The predicted molar refractivity (Wildman–Crippen MR) is 141 cm³/mol. The third-order valence-electron chi connectivity index (χ3n) is 6.61. The standard InChI is InChI=1S/C27H24F4N8O/c1-40-22-4-2-3-19(29)25(22)26-15(10-32)5-6-23(37-26)36-24-9-21(38-8-7-18(28)20(33)14-38)17(12-34-24)16-11-35-39(13-16)27(30)31/h2-6,9,11-13,18,20,27H,7-8,14,33H2,1H3,(H,34,36,37)/t18-,20+/m0/s1. The van der Waals surface area contributed by atoms with Crippen LogP contribution in [0.2, 0.25) is 0 Å². The molecule has 0 aliphatic carbocycles. The fourth-order valence-corrected chi connectivity index (χ4v) is 4.60. The lowest BCUT2D eigenvalue weighted by molar-refractivity contribution is 0.0566. The van der Waals surface area contributed by atoms with E-state index in [1.165, 1.54) is 43.9 Å². The molecule has 0 amide bonds. The molecule has 5 rings (SSSR count). The molecule has 3 aromatic heterocycles. The highest BCUT2D eigenvalue weighted by atomic mass is 19.3. The van der Waals surface area contributed by atoms with Crippen LogP contribution in [0.3, 0.4) is 0 Å². The van der Waals surface area contributed by atoms with Crippen molar-refractivity contribution in [2.45, 2.75) is 25.2 Å². The van der Waals surface area contributed by atoms with E-state index in [0.717, 1.165) is 0 Å². The number of halogens is 4. The number of pyridine rings is 2. The molecule has 2 atom stereocenters. The highest BCUT2D eigenvalue weighted by molar-refractivity contribution is 5.80. The van der Waals surface area contributed by atoms with Crippen LogP contribution in [-0.2, 0) is 0 Å². The zero-order valence-corrected chi connectivity index (χ0v) is 21.2. The largest absolute Gasteiger partial charge is 0.496 e. The number of methoxy groups -OCH3 is 1. The van der Waals surface area contributed by atoms with Crippen molar-refractivity contribution >= 4 is 17.3 Å². The molecule has 1 fully saturated rings. The molecule has 3 N–H and O–H groups in total. The van der Waals surface area contributed by atoms with Crippen molar-refractivity contribution in [3.8, 4) is 34.2 Å². The van der Waals surface area contributed by atoms with Crippen LogP contribution >= 0.6 is 0 Å². The molecule has 0 radical (unpaired) electrons. The van der Waals surface area contributed by atoms with Gasteiger partial charge in [0, 0.05) is 48.4 Å². The van der Waals surface area contributed by atoms with Gasteiger partial charge in [0.15, 0.2) is 0 Å². The minimum absolute atomic E-state index is 0.0355. The number of hydrogen-bond acceptors (Lipinski definition) is 8. The summed E-state index contributed by atoms with van der Waals surface area (Å²) in [6.45, 7) is -2.26. The van der Waals surface area contributed by atoms with Crippen LogP contribution in [0.4, 0.5) is 34.9 Å². The first-order valence-corrected chi connectivity index (χ1v) is 12.3. The molecule has 1 aliphatic rings. The molecule has 0 spiro atoms. The van der Waals surface area contributed by atoms with Crippen LogP contribution in [0, 0.1) is 17.1 Å². The normalized spacial score (nSPS) is 17.1. The van der Waals surface area contributed by atoms with Gasteiger partial charge in [-0.2, -0.15) is 19.1 Å². The monoisotopic (exact) mass is 552 g/mol. The topological polar surface area (TPSA) is 118 Å². The van der Waals surface area contributed by atoms with Crippen LogP contribution in [-0.4, -0.2) is 52.2 Å². The predicted octanol–water partition coefficient (Wildman–Crippen LogP) is 5.04. The van der Waals surface area contributed by atoms with Gasteiger partial charge in [0.2, 0.25) is 0 Å². The van der Waals surface area contributed by atoms with E-state index in [2.05, 4.69) is 20.4 Å². The quantitative estimate of drug-likeness (QED) is 0.306. The second kappa shape index (κ2) is 11.2. The summed E-state index contributed by atoms with van der Waals surface area (Å²) in [5.74, 6) is 0.180. The second-order valence-corrected chi connectivity index (χ2v) is 9.13. The number of nitrogens with zero attached hydrogens (tertiary/aromatic N) is 6. The average molecular weight is 553 g/mol. The molecule has 9 nitrogen and oxygen atoms in total. The molecular formula is C27H24F4N8O. The van der Waals surface area contributed by atoms with Gasteiger partial charge in [-0.15, -0.1) is 0 Å². The van der Waals surface area contributed by atoms with Gasteiger partial charge in [0.1, 0.15) is 35.4 Å². The SMILES string of the molecule is COc1cccc(F)c1-c1nc(Nc2cc(N3CC[C@H](F)[C@H](N)C3)c(-c3cnn(C(F)F)c3)cn2)ccc1C#N. The van der Waals surface area contributed by atoms with Crippen LogP contribution in [0.15, 0.2) is 55.0 Å². The maximum absolute atomic E-state index is 14.8. The van der Waals surface area contributed by atoms with Crippen LogP contribution in [0.5, 0.6) is 5.75 Å². The zero-order valence-electron chi connectivity index (χ0n) is 21.2. The van der Waals surface area contributed by atoms with E-state index >= 15 is 0 Å². The van der Waals surface area contributed by atoms with Crippen molar-refractivity contribution in [1.82, 2.24) is 19.7 Å². The van der Waals surface area contributed by atoms with E-state index < -0.39 is 24.6 Å². The number of rotatable bonds is 7. The lowest BCUT2D eigenvalue weighted by Gasteiger charge is -2.35. The second-order valence-electron chi connectivity index (χ2n) is 9.13. The fourth-order valence-electron chi connectivity index (χ4n) is 4.60. The number of benzene rings is 1. The molecular weight excluding hydrogens is 528 g/mol. The molecule has 0 bridgehead atoms. The molecule has 1 aromatic carbocycles. The first-order chi connectivity index (χ1) is 19.3. The molecule has 0 unspecified atom stereocenters. The Morgan fingerprint density at radius 3 is 2.73 bits per heavy atom. The Bertz CT molecular complexity index is 1570. The number of piperidine rings is 1. The maximum Gasteiger partial charge on any atom is 0.333 e. The zero-order chi connectivity index (χ0) is 28.4. The van der Waals surface area contributed by atoms with Crippen molar-refractivity contribution in [3.05, 3.63) is 66.4 Å². The summed E-state index contributed by atoms with van der Waals surface area (Å²) >= 11 is 0.